The van der Waals surface area contributed by atoms with Crippen molar-refractivity contribution in [3.05, 3.63) is 114 Å². The van der Waals surface area contributed by atoms with Gasteiger partial charge in [-0.15, -0.1) is 0 Å². The topological polar surface area (TPSA) is 113 Å². The summed E-state index contributed by atoms with van der Waals surface area (Å²) >= 11 is 0. The fourth-order valence-corrected chi connectivity index (χ4v) is 5.98. The first-order valence-electron chi connectivity index (χ1n) is 16.4. The fourth-order valence-electron chi connectivity index (χ4n) is 4.62. The van der Waals surface area contributed by atoms with Crippen LogP contribution >= 0.6 is 0 Å². The summed E-state index contributed by atoms with van der Waals surface area (Å²) in [5.74, 6) is 0.139. The highest BCUT2D eigenvalue weighted by Crippen LogP contribution is 2.38. The molecule has 0 saturated carbocycles. The van der Waals surface area contributed by atoms with Gasteiger partial charge in [-0.3, -0.25) is 0 Å². The molecule has 3 aromatic carbocycles. The number of hydrogen-bond acceptors (Lipinski definition) is 8. The highest BCUT2D eigenvalue weighted by Gasteiger charge is 2.40. The lowest BCUT2D eigenvalue weighted by molar-refractivity contribution is -0.137. The van der Waals surface area contributed by atoms with E-state index in [4.69, 9.17) is 23.4 Å². The number of ether oxygens (including phenoxy) is 4. The minimum absolute atomic E-state index is 0.0164. The van der Waals surface area contributed by atoms with Gasteiger partial charge in [-0.1, -0.05) is 99.6 Å². The van der Waals surface area contributed by atoms with Crippen LogP contribution in [0.2, 0.25) is 18.1 Å². The third-order valence-corrected chi connectivity index (χ3v) is 12.8. The van der Waals surface area contributed by atoms with Gasteiger partial charge in [0.15, 0.2) is 8.32 Å². The number of hydrogen-bond donors (Lipinski definition) is 1. The first-order valence-corrected chi connectivity index (χ1v) is 19.3. The molecule has 0 heterocycles. The maximum Gasteiger partial charge on any atom is 0.429 e. The number of carbonyl (C=O) groups excluding carboxylic acids is 3. The van der Waals surface area contributed by atoms with Crippen LogP contribution in [0.4, 0.5) is 9.59 Å². The summed E-state index contributed by atoms with van der Waals surface area (Å²) in [5, 5.41) is 0.942. The lowest BCUT2D eigenvalue weighted by Gasteiger charge is -2.41. The van der Waals surface area contributed by atoms with E-state index in [1.54, 1.807) is 14.0 Å². The standard InChI is InChI=1S/C38H50N2O8Si/c1-8-45-35(41)24-21-32(26-34(48-49(6,7)38(2,3)4)25-29-19-22-33(44-5)23-20-29)40(37(43)47-28-31-17-13-10-14-18-31)39-36(42)46-27-30-15-11-9-12-16-30/h9-24,32,34H,8,25-28H2,1-7H3,(H,39,42)/b24-21+/t32-,34-/m1/s1. The third kappa shape index (κ3) is 13.1. The smallest absolute Gasteiger partial charge is 0.429 e. The van der Waals surface area contributed by atoms with Crippen LogP contribution < -0.4 is 10.2 Å². The molecule has 2 amide bonds. The second kappa shape index (κ2) is 18.8. The van der Waals surface area contributed by atoms with Gasteiger partial charge < -0.3 is 23.4 Å². The average molecular weight is 691 g/mol. The van der Waals surface area contributed by atoms with Crippen molar-refractivity contribution in [3.63, 3.8) is 0 Å². The molecule has 264 valence electrons. The second-order valence-corrected chi connectivity index (χ2v) is 17.8. The highest BCUT2D eigenvalue weighted by molar-refractivity contribution is 6.74. The second-order valence-electron chi connectivity index (χ2n) is 13.1. The molecule has 49 heavy (non-hydrogen) atoms. The summed E-state index contributed by atoms with van der Waals surface area (Å²) in [6, 6.07) is 25.2. The van der Waals surface area contributed by atoms with Crippen LogP contribution in [-0.2, 0) is 43.1 Å². The summed E-state index contributed by atoms with van der Waals surface area (Å²) in [6.45, 7) is 12.6. The SMILES string of the molecule is CCOC(=O)/C=C/[C@H](C[C@@H](Cc1ccc(OC)cc1)O[Si](C)(C)C(C)(C)C)N(NC(=O)OCc1ccccc1)C(=O)OCc1ccccc1. The van der Waals surface area contributed by atoms with Crippen LogP contribution in [0.5, 0.6) is 5.75 Å². The molecule has 3 rings (SSSR count). The molecule has 11 heteroatoms. The molecule has 0 bridgehead atoms. The number of nitrogens with one attached hydrogen (secondary N) is 1. The van der Waals surface area contributed by atoms with Crippen molar-refractivity contribution in [3.8, 4) is 5.75 Å². The maximum atomic E-state index is 13.8. The lowest BCUT2D eigenvalue weighted by atomic mass is 10.0. The molecule has 0 fully saturated rings. The van der Waals surface area contributed by atoms with Crippen LogP contribution in [0.3, 0.4) is 0 Å². The predicted octanol–water partition coefficient (Wildman–Crippen LogP) is 7.99. The Morgan fingerprint density at radius 3 is 1.92 bits per heavy atom. The number of amides is 2. The zero-order valence-corrected chi connectivity index (χ0v) is 30.6. The van der Waals surface area contributed by atoms with Gasteiger partial charge in [-0.2, -0.15) is 0 Å². The van der Waals surface area contributed by atoms with Crippen molar-refractivity contribution in [1.82, 2.24) is 10.4 Å². The Labute approximate surface area is 291 Å². The predicted molar refractivity (Wildman–Crippen MR) is 191 cm³/mol. The van der Waals surface area contributed by atoms with Gasteiger partial charge in [0.1, 0.15) is 19.0 Å². The summed E-state index contributed by atoms with van der Waals surface area (Å²) in [4.78, 5) is 39.6. The molecular formula is C38H50N2O8Si. The number of benzene rings is 3. The van der Waals surface area contributed by atoms with Gasteiger partial charge in [0.25, 0.3) is 0 Å². The van der Waals surface area contributed by atoms with Crippen molar-refractivity contribution in [1.29, 1.82) is 0 Å². The zero-order chi connectivity index (χ0) is 35.9. The van der Waals surface area contributed by atoms with Crippen molar-refractivity contribution in [2.45, 2.75) is 84.0 Å². The van der Waals surface area contributed by atoms with Gasteiger partial charge in [-0.25, -0.2) is 24.8 Å². The Bertz CT molecular complexity index is 1490. The molecule has 3 aromatic rings. The molecule has 0 aliphatic heterocycles. The Balaban J connectivity index is 1.99. The average Bonchev–Trinajstić information content (AvgIpc) is 3.07. The van der Waals surface area contributed by atoms with Gasteiger partial charge in [0.05, 0.1) is 25.9 Å². The van der Waals surface area contributed by atoms with Gasteiger partial charge in [0.2, 0.25) is 0 Å². The van der Waals surface area contributed by atoms with E-state index in [0.29, 0.717) is 6.42 Å². The third-order valence-electron chi connectivity index (χ3n) is 8.29. The highest BCUT2D eigenvalue weighted by atomic mass is 28.4. The van der Waals surface area contributed by atoms with E-state index < -0.39 is 38.6 Å². The number of nitrogens with zero attached hydrogens (tertiary/aromatic N) is 1. The van der Waals surface area contributed by atoms with Gasteiger partial charge >= 0.3 is 18.2 Å². The number of rotatable bonds is 15. The Kier molecular flexibility index (Phi) is 14.9. The fraction of sp³-hybridized carbons (Fsp3) is 0.395. The summed E-state index contributed by atoms with van der Waals surface area (Å²) in [5.41, 5.74) is 5.12. The first-order chi connectivity index (χ1) is 23.3. The maximum absolute atomic E-state index is 13.8. The van der Waals surface area contributed by atoms with E-state index in [9.17, 15) is 14.4 Å². The Morgan fingerprint density at radius 2 is 1.39 bits per heavy atom. The number of esters is 1. The molecule has 0 spiro atoms. The molecule has 2 atom stereocenters. The molecule has 0 aliphatic carbocycles. The molecule has 0 saturated heterocycles. The largest absolute Gasteiger partial charge is 0.497 e. The summed E-state index contributed by atoms with van der Waals surface area (Å²) in [7, 11) is -0.741. The van der Waals surface area contributed by atoms with Gasteiger partial charge in [0, 0.05) is 6.08 Å². The minimum atomic E-state index is -2.35. The molecule has 10 nitrogen and oxygen atoms in total. The zero-order valence-electron chi connectivity index (χ0n) is 29.6. The Morgan fingerprint density at radius 1 is 0.816 bits per heavy atom. The monoisotopic (exact) mass is 690 g/mol. The van der Waals surface area contributed by atoms with Crippen molar-refractivity contribution < 1.29 is 37.8 Å². The van der Waals surface area contributed by atoms with Crippen molar-refractivity contribution in [2.24, 2.45) is 0 Å². The van der Waals surface area contributed by atoms with E-state index in [1.807, 2.05) is 84.9 Å². The van der Waals surface area contributed by atoms with Crippen molar-refractivity contribution in [2.75, 3.05) is 13.7 Å². The molecule has 0 radical (unpaired) electrons. The van der Waals surface area contributed by atoms with E-state index in [1.165, 1.54) is 12.2 Å². The van der Waals surface area contributed by atoms with Gasteiger partial charge in [-0.05, 0) is 66.7 Å². The molecule has 0 aromatic heterocycles. The van der Waals surface area contributed by atoms with E-state index in [2.05, 4.69) is 39.3 Å². The first kappa shape index (κ1) is 38.8. The molecule has 0 aliphatic rings. The summed E-state index contributed by atoms with van der Waals surface area (Å²) < 4.78 is 28.6. The Hall–Kier alpha value is -4.61. The van der Waals surface area contributed by atoms with E-state index >= 15 is 0 Å². The number of hydrazine groups is 1. The number of carbonyl (C=O) groups is 3. The van der Waals surface area contributed by atoms with Crippen LogP contribution in [-0.4, -0.2) is 57.3 Å². The van der Waals surface area contributed by atoms with Crippen LogP contribution in [0, 0.1) is 0 Å². The quantitative estimate of drug-likeness (QED) is 0.0562. The van der Waals surface area contributed by atoms with Crippen LogP contribution in [0.25, 0.3) is 0 Å². The summed E-state index contributed by atoms with van der Waals surface area (Å²) in [6.07, 6.45) is 1.33. The molecular weight excluding hydrogens is 641 g/mol. The van der Waals surface area contributed by atoms with Crippen LogP contribution in [0.15, 0.2) is 97.1 Å². The minimum Gasteiger partial charge on any atom is -0.497 e. The van der Waals surface area contributed by atoms with E-state index in [-0.39, 0.29) is 31.3 Å². The number of methoxy groups -OCH3 is 1. The van der Waals surface area contributed by atoms with Crippen LogP contribution in [0.1, 0.15) is 50.8 Å². The molecule has 1 N–H and O–H groups in total. The normalized spacial score (nSPS) is 12.9. The lowest BCUT2D eigenvalue weighted by Crippen LogP contribution is -2.53. The molecule has 0 unspecified atom stereocenters. The van der Waals surface area contributed by atoms with Crippen molar-refractivity contribution >= 4 is 26.5 Å². The van der Waals surface area contributed by atoms with E-state index in [0.717, 1.165) is 27.4 Å².